The van der Waals surface area contributed by atoms with Crippen LogP contribution in [0, 0.1) is 0 Å². The minimum atomic E-state index is -0.149. The lowest BCUT2D eigenvalue weighted by Crippen LogP contribution is -2.25. The Balaban J connectivity index is 1.33. The summed E-state index contributed by atoms with van der Waals surface area (Å²) in [6.07, 6.45) is 7.89. The third kappa shape index (κ3) is 4.01. The van der Waals surface area contributed by atoms with Gasteiger partial charge in [0.15, 0.2) is 0 Å². The summed E-state index contributed by atoms with van der Waals surface area (Å²) in [7, 11) is 0. The van der Waals surface area contributed by atoms with Crippen molar-refractivity contribution in [3.8, 4) is 0 Å². The van der Waals surface area contributed by atoms with E-state index in [4.69, 9.17) is 11.6 Å². The maximum atomic E-state index is 12.3. The van der Waals surface area contributed by atoms with Gasteiger partial charge in [0.1, 0.15) is 5.65 Å². The van der Waals surface area contributed by atoms with E-state index >= 15 is 0 Å². The highest BCUT2D eigenvalue weighted by atomic mass is 35.5. The summed E-state index contributed by atoms with van der Waals surface area (Å²) >= 11 is 6.17. The fourth-order valence-corrected chi connectivity index (χ4v) is 3.08. The third-order valence-corrected chi connectivity index (χ3v) is 4.63. The van der Waals surface area contributed by atoms with Gasteiger partial charge in [-0.15, -0.1) is 0 Å². The normalized spacial score (nSPS) is 11.0. The van der Waals surface area contributed by atoms with Crippen molar-refractivity contribution >= 4 is 23.2 Å². The lowest BCUT2D eigenvalue weighted by atomic mass is 10.2. The van der Waals surface area contributed by atoms with Gasteiger partial charge in [0.05, 0.1) is 24.0 Å². The molecule has 1 amide bonds. The maximum absolute atomic E-state index is 12.3. The van der Waals surface area contributed by atoms with E-state index in [0.717, 1.165) is 16.9 Å². The lowest BCUT2D eigenvalue weighted by molar-refractivity contribution is 0.0954. The number of carbonyl (C=O) groups is 1. The number of nitrogens with one attached hydrogen (secondary N) is 1. The van der Waals surface area contributed by atoms with Crippen LogP contribution in [0.1, 0.15) is 21.6 Å². The molecule has 3 heterocycles. The summed E-state index contributed by atoms with van der Waals surface area (Å²) in [5, 5.41) is 7.85. The Morgan fingerprint density at radius 1 is 1.11 bits per heavy atom. The van der Waals surface area contributed by atoms with Crippen molar-refractivity contribution in [2.75, 3.05) is 6.54 Å². The largest absolute Gasteiger partial charge is 0.352 e. The van der Waals surface area contributed by atoms with Gasteiger partial charge in [-0.1, -0.05) is 35.9 Å². The Labute approximate surface area is 161 Å². The van der Waals surface area contributed by atoms with E-state index in [-0.39, 0.29) is 5.91 Å². The zero-order chi connectivity index (χ0) is 18.6. The molecule has 1 aromatic carbocycles. The van der Waals surface area contributed by atoms with Gasteiger partial charge in [-0.2, -0.15) is 5.10 Å². The first-order chi connectivity index (χ1) is 13.2. The standard InChI is InChI=1S/C20H18ClN5O/c21-18-6-2-1-5-15(18)12-26-13-16(11-23-26)20(27)22-9-8-17-14-25-10-4-3-7-19(25)24-17/h1-7,10-11,13-14H,8-9,12H2,(H,22,27). The third-order valence-electron chi connectivity index (χ3n) is 4.27. The molecule has 0 radical (unpaired) electrons. The minimum absolute atomic E-state index is 0.149. The number of halogens is 1. The maximum Gasteiger partial charge on any atom is 0.254 e. The smallest absolute Gasteiger partial charge is 0.254 e. The molecule has 7 heteroatoms. The Kier molecular flexibility index (Phi) is 4.89. The summed E-state index contributed by atoms with van der Waals surface area (Å²) in [6.45, 7) is 1.03. The summed E-state index contributed by atoms with van der Waals surface area (Å²) in [5.74, 6) is -0.149. The summed E-state index contributed by atoms with van der Waals surface area (Å²) < 4.78 is 3.67. The molecule has 0 spiro atoms. The average Bonchev–Trinajstić information content (AvgIpc) is 3.30. The predicted molar refractivity (Wildman–Crippen MR) is 104 cm³/mol. The van der Waals surface area contributed by atoms with Crippen LogP contribution in [0.25, 0.3) is 5.65 Å². The van der Waals surface area contributed by atoms with Gasteiger partial charge in [-0.05, 0) is 23.8 Å². The van der Waals surface area contributed by atoms with Gasteiger partial charge in [-0.3, -0.25) is 9.48 Å². The van der Waals surface area contributed by atoms with E-state index in [0.29, 0.717) is 30.1 Å². The highest BCUT2D eigenvalue weighted by molar-refractivity contribution is 6.31. The van der Waals surface area contributed by atoms with Gasteiger partial charge < -0.3 is 9.72 Å². The van der Waals surface area contributed by atoms with Crippen LogP contribution >= 0.6 is 11.6 Å². The summed E-state index contributed by atoms with van der Waals surface area (Å²) in [6, 6.07) is 13.5. The minimum Gasteiger partial charge on any atom is -0.352 e. The molecule has 0 saturated heterocycles. The van der Waals surface area contributed by atoms with Crippen molar-refractivity contribution < 1.29 is 4.79 Å². The first kappa shape index (κ1) is 17.3. The van der Waals surface area contributed by atoms with Crippen LogP contribution in [0.4, 0.5) is 0 Å². The molecule has 0 unspecified atom stereocenters. The number of hydrogen-bond acceptors (Lipinski definition) is 3. The molecule has 0 aliphatic rings. The van der Waals surface area contributed by atoms with Crippen LogP contribution in [-0.4, -0.2) is 31.6 Å². The predicted octanol–water partition coefficient (Wildman–Crippen LogP) is 3.21. The number of fused-ring (bicyclic) bond motifs is 1. The fraction of sp³-hybridized carbons (Fsp3) is 0.150. The fourth-order valence-electron chi connectivity index (χ4n) is 2.88. The van der Waals surface area contributed by atoms with Crippen molar-refractivity contribution in [3.63, 3.8) is 0 Å². The average molecular weight is 380 g/mol. The Hall–Kier alpha value is -3.12. The Morgan fingerprint density at radius 2 is 1.96 bits per heavy atom. The second-order valence-corrected chi connectivity index (χ2v) is 6.63. The zero-order valence-corrected chi connectivity index (χ0v) is 15.3. The molecule has 0 saturated carbocycles. The number of amides is 1. The number of nitrogens with zero attached hydrogens (tertiary/aromatic N) is 4. The van der Waals surface area contributed by atoms with Crippen LogP contribution < -0.4 is 5.32 Å². The van der Waals surface area contributed by atoms with Crippen molar-refractivity contribution in [2.24, 2.45) is 0 Å². The van der Waals surface area contributed by atoms with Gasteiger partial charge in [0.25, 0.3) is 5.91 Å². The molecule has 1 N–H and O–H groups in total. The molecule has 4 rings (SSSR count). The van der Waals surface area contributed by atoms with Crippen LogP contribution in [0.15, 0.2) is 67.3 Å². The summed E-state index contributed by atoms with van der Waals surface area (Å²) in [5.41, 5.74) is 3.33. The molecule has 0 bridgehead atoms. The number of benzene rings is 1. The second-order valence-electron chi connectivity index (χ2n) is 6.22. The zero-order valence-electron chi connectivity index (χ0n) is 14.5. The monoisotopic (exact) mass is 379 g/mol. The lowest BCUT2D eigenvalue weighted by Gasteiger charge is -2.04. The van der Waals surface area contributed by atoms with Gasteiger partial charge in [-0.25, -0.2) is 4.98 Å². The van der Waals surface area contributed by atoms with Crippen LogP contribution in [0.3, 0.4) is 0 Å². The molecule has 6 nitrogen and oxygen atoms in total. The van der Waals surface area contributed by atoms with Crippen LogP contribution in [-0.2, 0) is 13.0 Å². The molecule has 27 heavy (non-hydrogen) atoms. The van der Waals surface area contributed by atoms with Crippen molar-refractivity contribution in [1.82, 2.24) is 24.5 Å². The van der Waals surface area contributed by atoms with Crippen molar-refractivity contribution in [2.45, 2.75) is 13.0 Å². The molecule has 0 atom stereocenters. The van der Waals surface area contributed by atoms with Crippen molar-refractivity contribution in [1.29, 1.82) is 0 Å². The molecule has 0 aliphatic carbocycles. The Morgan fingerprint density at radius 3 is 2.81 bits per heavy atom. The van der Waals surface area contributed by atoms with Crippen molar-refractivity contribution in [3.05, 3.63) is 89.1 Å². The van der Waals surface area contributed by atoms with Gasteiger partial charge in [0.2, 0.25) is 0 Å². The highest BCUT2D eigenvalue weighted by Gasteiger charge is 2.10. The summed E-state index contributed by atoms with van der Waals surface area (Å²) in [4.78, 5) is 16.8. The van der Waals surface area contributed by atoms with E-state index in [1.165, 1.54) is 0 Å². The molecule has 0 aliphatic heterocycles. The number of rotatable bonds is 6. The molecular weight excluding hydrogens is 362 g/mol. The first-order valence-electron chi connectivity index (χ1n) is 8.66. The molecular formula is C20H18ClN5O. The first-order valence-corrected chi connectivity index (χ1v) is 9.03. The van der Waals surface area contributed by atoms with E-state index in [9.17, 15) is 4.79 Å². The second kappa shape index (κ2) is 7.63. The Bertz CT molecular complexity index is 1050. The van der Waals surface area contributed by atoms with Crippen LogP contribution in [0.5, 0.6) is 0 Å². The number of pyridine rings is 1. The number of aromatic nitrogens is 4. The van der Waals surface area contributed by atoms with E-state index in [2.05, 4.69) is 15.4 Å². The van der Waals surface area contributed by atoms with E-state index < -0.39 is 0 Å². The van der Waals surface area contributed by atoms with Gasteiger partial charge in [0, 0.05) is 36.6 Å². The topological polar surface area (TPSA) is 64.2 Å². The molecule has 136 valence electrons. The van der Waals surface area contributed by atoms with E-state index in [1.807, 2.05) is 59.3 Å². The molecule has 3 aromatic heterocycles. The molecule has 0 fully saturated rings. The quantitative estimate of drug-likeness (QED) is 0.559. The molecule has 4 aromatic rings. The van der Waals surface area contributed by atoms with E-state index in [1.54, 1.807) is 17.1 Å². The van der Waals surface area contributed by atoms with Gasteiger partial charge >= 0.3 is 0 Å². The highest BCUT2D eigenvalue weighted by Crippen LogP contribution is 2.16. The number of imidazole rings is 1. The number of carbonyl (C=O) groups excluding carboxylic acids is 1. The SMILES string of the molecule is O=C(NCCc1cn2ccccc2n1)c1cnn(Cc2ccccc2Cl)c1. The van der Waals surface area contributed by atoms with Crippen LogP contribution in [0.2, 0.25) is 5.02 Å². The number of hydrogen-bond donors (Lipinski definition) is 1.